The SMILES string of the molecule is CC(C)CN1CCO[C@@]2(CN(C(C)C)C[C@@H]2c2ccnn2C(C)C)C1=O. The first kappa shape index (κ1) is 19.4. The van der Waals surface area contributed by atoms with Crippen LogP contribution in [0.3, 0.4) is 0 Å². The van der Waals surface area contributed by atoms with Crippen LogP contribution >= 0.6 is 0 Å². The Morgan fingerprint density at radius 3 is 2.58 bits per heavy atom. The van der Waals surface area contributed by atoms with Crippen molar-refractivity contribution >= 4 is 5.91 Å². The molecule has 146 valence electrons. The Morgan fingerprint density at radius 2 is 1.96 bits per heavy atom. The normalized spacial score (nSPS) is 27.7. The van der Waals surface area contributed by atoms with Crippen LogP contribution in [0.25, 0.3) is 0 Å². The molecule has 0 saturated carbocycles. The molecule has 1 amide bonds. The van der Waals surface area contributed by atoms with Crippen LogP contribution in [0.15, 0.2) is 12.3 Å². The first-order chi connectivity index (χ1) is 12.3. The van der Waals surface area contributed by atoms with Crippen LogP contribution in [0.2, 0.25) is 0 Å². The standard InChI is InChI=1S/C20H34N4O2/c1-14(2)11-22-9-10-26-20(19(22)25)13-23(15(3)4)12-17(20)18-7-8-21-24(18)16(5)6/h7-8,14-17H,9-13H2,1-6H3/t17-,20-/m1/s1. The minimum Gasteiger partial charge on any atom is -0.361 e. The van der Waals surface area contributed by atoms with Crippen LogP contribution in [0.5, 0.6) is 0 Å². The zero-order chi connectivity index (χ0) is 19.1. The van der Waals surface area contributed by atoms with E-state index in [2.05, 4.69) is 57.6 Å². The Kier molecular flexibility index (Phi) is 5.45. The van der Waals surface area contributed by atoms with E-state index in [1.807, 2.05) is 15.8 Å². The molecule has 0 N–H and O–H groups in total. The monoisotopic (exact) mass is 362 g/mol. The zero-order valence-electron chi connectivity index (χ0n) is 17.1. The number of hydrogen-bond acceptors (Lipinski definition) is 4. The number of rotatable bonds is 5. The molecule has 0 aromatic carbocycles. The fourth-order valence-electron chi connectivity index (χ4n) is 4.36. The van der Waals surface area contributed by atoms with Gasteiger partial charge < -0.3 is 9.64 Å². The molecular weight excluding hydrogens is 328 g/mol. The summed E-state index contributed by atoms with van der Waals surface area (Å²) in [5.41, 5.74) is 0.326. The van der Waals surface area contributed by atoms with Crippen molar-refractivity contribution in [2.75, 3.05) is 32.8 Å². The van der Waals surface area contributed by atoms with E-state index in [4.69, 9.17) is 4.74 Å². The second-order valence-corrected chi connectivity index (χ2v) is 8.75. The van der Waals surface area contributed by atoms with Gasteiger partial charge in [0.05, 0.1) is 12.5 Å². The van der Waals surface area contributed by atoms with E-state index in [1.165, 1.54) is 0 Å². The lowest BCUT2D eigenvalue weighted by Gasteiger charge is -2.43. The van der Waals surface area contributed by atoms with Gasteiger partial charge in [0.25, 0.3) is 5.91 Å². The lowest BCUT2D eigenvalue weighted by molar-refractivity contribution is -0.173. The predicted octanol–water partition coefficient (Wildman–Crippen LogP) is 2.53. The number of ether oxygens (including phenoxy) is 1. The molecule has 0 aliphatic carbocycles. The van der Waals surface area contributed by atoms with Crippen molar-refractivity contribution in [1.29, 1.82) is 0 Å². The summed E-state index contributed by atoms with van der Waals surface area (Å²) < 4.78 is 8.38. The second-order valence-electron chi connectivity index (χ2n) is 8.75. The first-order valence-corrected chi connectivity index (χ1v) is 9.97. The smallest absolute Gasteiger partial charge is 0.257 e. The van der Waals surface area contributed by atoms with E-state index in [1.54, 1.807) is 0 Å². The van der Waals surface area contributed by atoms with Gasteiger partial charge in [-0.3, -0.25) is 14.4 Å². The number of likely N-dealkylation sites (tertiary alicyclic amines) is 1. The topological polar surface area (TPSA) is 50.6 Å². The van der Waals surface area contributed by atoms with Crippen molar-refractivity contribution in [3.8, 4) is 0 Å². The van der Waals surface area contributed by atoms with E-state index >= 15 is 0 Å². The fourth-order valence-corrected chi connectivity index (χ4v) is 4.36. The maximum Gasteiger partial charge on any atom is 0.257 e. The number of amides is 1. The number of carbonyl (C=O) groups excluding carboxylic acids is 1. The molecule has 26 heavy (non-hydrogen) atoms. The number of hydrogen-bond donors (Lipinski definition) is 0. The summed E-state index contributed by atoms with van der Waals surface area (Å²) >= 11 is 0. The quantitative estimate of drug-likeness (QED) is 0.808. The maximum atomic E-state index is 13.6. The molecule has 1 aromatic rings. The third kappa shape index (κ3) is 3.29. The fraction of sp³-hybridized carbons (Fsp3) is 0.800. The van der Waals surface area contributed by atoms with Crippen LogP contribution in [-0.4, -0.2) is 69.9 Å². The number of nitrogens with zero attached hydrogens (tertiary/aromatic N) is 4. The molecule has 3 heterocycles. The number of morpholine rings is 1. The van der Waals surface area contributed by atoms with Crippen LogP contribution in [0, 0.1) is 5.92 Å². The van der Waals surface area contributed by atoms with Crippen molar-refractivity contribution in [2.24, 2.45) is 5.92 Å². The highest BCUT2D eigenvalue weighted by Gasteiger charge is 2.58. The van der Waals surface area contributed by atoms with Crippen LogP contribution in [-0.2, 0) is 9.53 Å². The van der Waals surface area contributed by atoms with Crippen LogP contribution in [0.4, 0.5) is 0 Å². The average molecular weight is 363 g/mol. The average Bonchev–Trinajstić information content (AvgIpc) is 3.16. The zero-order valence-corrected chi connectivity index (χ0v) is 17.1. The summed E-state index contributed by atoms with van der Waals surface area (Å²) in [5.74, 6) is 0.621. The third-order valence-corrected chi connectivity index (χ3v) is 5.65. The molecule has 2 aliphatic heterocycles. The van der Waals surface area contributed by atoms with Gasteiger partial charge in [-0.25, -0.2) is 0 Å². The molecule has 3 rings (SSSR count). The Balaban J connectivity index is 2.00. The summed E-state index contributed by atoms with van der Waals surface area (Å²) in [6.07, 6.45) is 1.85. The minimum atomic E-state index is -0.788. The molecule has 2 fully saturated rings. The van der Waals surface area contributed by atoms with E-state index in [-0.39, 0.29) is 17.9 Å². The molecule has 0 bridgehead atoms. The van der Waals surface area contributed by atoms with Gasteiger partial charge >= 0.3 is 0 Å². The van der Waals surface area contributed by atoms with E-state index in [9.17, 15) is 4.79 Å². The van der Waals surface area contributed by atoms with Gasteiger partial charge in [-0.15, -0.1) is 0 Å². The lowest BCUT2D eigenvalue weighted by atomic mass is 9.85. The van der Waals surface area contributed by atoms with Gasteiger partial charge in [0.15, 0.2) is 5.60 Å². The Hall–Kier alpha value is -1.40. The molecule has 1 spiro atoms. The van der Waals surface area contributed by atoms with Gasteiger partial charge in [-0.05, 0) is 39.7 Å². The maximum absolute atomic E-state index is 13.6. The van der Waals surface area contributed by atoms with Gasteiger partial charge in [0.2, 0.25) is 0 Å². The highest BCUT2D eigenvalue weighted by Crippen LogP contribution is 2.43. The van der Waals surface area contributed by atoms with Crippen molar-refractivity contribution < 1.29 is 9.53 Å². The van der Waals surface area contributed by atoms with Crippen molar-refractivity contribution in [2.45, 2.75) is 65.1 Å². The van der Waals surface area contributed by atoms with E-state index in [0.29, 0.717) is 31.7 Å². The largest absolute Gasteiger partial charge is 0.361 e. The van der Waals surface area contributed by atoms with Crippen LogP contribution < -0.4 is 0 Å². The first-order valence-electron chi connectivity index (χ1n) is 9.97. The summed E-state index contributed by atoms with van der Waals surface area (Å²) in [7, 11) is 0. The van der Waals surface area contributed by atoms with Gasteiger partial charge in [-0.1, -0.05) is 13.8 Å². The summed E-state index contributed by atoms with van der Waals surface area (Å²) in [6, 6.07) is 2.70. The van der Waals surface area contributed by atoms with Gasteiger partial charge in [-0.2, -0.15) is 5.10 Å². The molecule has 0 radical (unpaired) electrons. The third-order valence-electron chi connectivity index (χ3n) is 5.65. The molecule has 1 aromatic heterocycles. The lowest BCUT2D eigenvalue weighted by Crippen LogP contribution is -2.61. The molecular formula is C20H34N4O2. The number of aromatic nitrogens is 2. The van der Waals surface area contributed by atoms with Crippen LogP contribution in [0.1, 0.15) is 59.2 Å². The summed E-state index contributed by atoms with van der Waals surface area (Å²) in [5, 5.41) is 4.52. The molecule has 2 atom stereocenters. The minimum absolute atomic E-state index is 0.0114. The van der Waals surface area contributed by atoms with Gasteiger partial charge in [0.1, 0.15) is 0 Å². The predicted molar refractivity (Wildman–Crippen MR) is 102 cm³/mol. The number of carbonyl (C=O) groups is 1. The van der Waals surface area contributed by atoms with Crippen molar-refractivity contribution in [3.63, 3.8) is 0 Å². The molecule has 2 aliphatic rings. The van der Waals surface area contributed by atoms with Crippen molar-refractivity contribution in [1.82, 2.24) is 19.6 Å². The highest BCUT2D eigenvalue weighted by atomic mass is 16.5. The van der Waals surface area contributed by atoms with E-state index in [0.717, 1.165) is 18.8 Å². The van der Waals surface area contributed by atoms with Crippen molar-refractivity contribution in [3.05, 3.63) is 18.0 Å². The Morgan fingerprint density at radius 1 is 1.23 bits per heavy atom. The summed E-state index contributed by atoms with van der Waals surface area (Å²) in [4.78, 5) is 18.0. The summed E-state index contributed by atoms with van der Waals surface area (Å²) in [6.45, 7) is 16.5. The highest BCUT2D eigenvalue weighted by molar-refractivity contribution is 5.88. The second kappa shape index (κ2) is 7.31. The molecule has 6 nitrogen and oxygen atoms in total. The van der Waals surface area contributed by atoms with E-state index < -0.39 is 5.60 Å². The molecule has 0 unspecified atom stereocenters. The molecule has 2 saturated heterocycles. The Labute approximate surface area is 157 Å². The Bertz CT molecular complexity index is 640. The molecule has 6 heteroatoms. The van der Waals surface area contributed by atoms with Gasteiger partial charge in [0, 0.05) is 50.2 Å².